The van der Waals surface area contributed by atoms with E-state index in [4.69, 9.17) is 4.42 Å². The molecular weight excluding hydrogens is 344 g/mol. The van der Waals surface area contributed by atoms with Crippen LogP contribution in [0.1, 0.15) is 38.3 Å². The van der Waals surface area contributed by atoms with E-state index in [-0.39, 0.29) is 6.04 Å². The highest BCUT2D eigenvalue weighted by molar-refractivity contribution is 6.05. The summed E-state index contributed by atoms with van der Waals surface area (Å²) in [5.74, 6) is 0. The molecule has 0 aliphatic rings. The first-order chi connectivity index (χ1) is 13.8. The minimum Gasteiger partial charge on any atom is -0.456 e. The second-order valence-corrected chi connectivity index (χ2v) is 7.59. The molecule has 0 aliphatic heterocycles. The molecule has 1 unspecified atom stereocenters. The highest BCUT2D eigenvalue weighted by Crippen LogP contribution is 2.32. The van der Waals surface area contributed by atoms with Crippen LogP contribution in [0.2, 0.25) is 0 Å². The molecule has 3 nitrogen and oxygen atoms in total. The average Bonchev–Trinajstić information content (AvgIpc) is 3.30. The van der Waals surface area contributed by atoms with Gasteiger partial charge in [0.2, 0.25) is 6.33 Å². The number of aryl methyl sites for hydroxylation is 1. The summed E-state index contributed by atoms with van der Waals surface area (Å²) >= 11 is 0. The minimum atomic E-state index is 0.242. The lowest BCUT2D eigenvalue weighted by atomic mass is 10.0. The van der Waals surface area contributed by atoms with Crippen LogP contribution in [0.5, 0.6) is 0 Å². The van der Waals surface area contributed by atoms with Crippen molar-refractivity contribution >= 4 is 33.0 Å². The zero-order chi connectivity index (χ0) is 19.1. The number of rotatable bonds is 5. The number of para-hydroxylation sites is 3. The molecule has 0 amide bonds. The van der Waals surface area contributed by atoms with Crippen LogP contribution in [0.25, 0.3) is 33.0 Å². The average molecular weight is 369 g/mol. The maximum Gasteiger partial charge on any atom is 0.245 e. The van der Waals surface area contributed by atoms with E-state index in [9.17, 15) is 0 Å². The Bertz CT molecular complexity index is 1280. The minimum absolute atomic E-state index is 0.242. The van der Waals surface area contributed by atoms with Crippen molar-refractivity contribution in [3.05, 3.63) is 78.6 Å². The second kappa shape index (κ2) is 6.83. The van der Waals surface area contributed by atoms with Crippen LogP contribution in [0.3, 0.4) is 0 Å². The summed E-state index contributed by atoms with van der Waals surface area (Å²) in [4.78, 5) is 0. The summed E-state index contributed by atoms with van der Waals surface area (Å²) in [6.45, 7) is 5.58. The van der Waals surface area contributed by atoms with Gasteiger partial charge in [-0.25, -0.2) is 9.13 Å². The quantitative estimate of drug-likeness (QED) is 0.336. The Morgan fingerprint density at radius 3 is 2.61 bits per heavy atom. The molecule has 5 aromatic rings. The van der Waals surface area contributed by atoms with Crippen molar-refractivity contribution in [2.75, 3.05) is 0 Å². The largest absolute Gasteiger partial charge is 0.456 e. The third kappa shape index (κ3) is 2.70. The third-order valence-electron chi connectivity index (χ3n) is 5.79. The van der Waals surface area contributed by atoms with E-state index in [0.29, 0.717) is 0 Å². The van der Waals surface area contributed by atoms with Crippen molar-refractivity contribution in [2.45, 2.75) is 39.3 Å². The number of benzene rings is 3. The van der Waals surface area contributed by atoms with Crippen molar-refractivity contribution in [3.8, 4) is 0 Å². The number of fused-ring (bicyclic) bond motifs is 4. The number of hydrogen-bond donors (Lipinski definition) is 0. The lowest BCUT2D eigenvalue weighted by Gasteiger charge is -2.09. The molecule has 0 bridgehead atoms. The van der Waals surface area contributed by atoms with E-state index in [1.54, 1.807) is 0 Å². The van der Waals surface area contributed by atoms with E-state index in [2.05, 4.69) is 83.9 Å². The molecule has 5 rings (SSSR count). The van der Waals surface area contributed by atoms with Crippen molar-refractivity contribution in [1.82, 2.24) is 4.57 Å². The third-order valence-corrected chi connectivity index (χ3v) is 5.79. The molecule has 3 aromatic carbocycles. The molecule has 0 aliphatic carbocycles. The summed E-state index contributed by atoms with van der Waals surface area (Å²) < 4.78 is 10.8. The molecule has 1 atom stereocenters. The van der Waals surface area contributed by atoms with E-state index in [1.165, 1.54) is 40.2 Å². The van der Waals surface area contributed by atoms with Gasteiger partial charge in [-0.15, -0.1) is 0 Å². The van der Waals surface area contributed by atoms with Gasteiger partial charge in [-0.3, -0.25) is 0 Å². The molecule has 0 saturated heterocycles. The highest BCUT2D eigenvalue weighted by Gasteiger charge is 2.21. The van der Waals surface area contributed by atoms with E-state index in [0.717, 1.165) is 17.7 Å². The van der Waals surface area contributed by atoms with Crippen LogP contribution in [-0.2, 0) is 6.54 Å². The number of nitrogens with zero attached hydrogens (tertiary/aromatic N) is 2. The number of hydrogen-bond acceptors (Lipinski definition) is 1. The Morgan fingerprint density at radius 1 is 0.929 bits per heavy atom. The van der Waals surface area contributed by atoms with Gasteiger partial charge in [0.15, 0.2) is 11.0 Å². The maximum absolute atomic E-state index is 6.00. The predicted molar refractivity (Wildman–Crippen MR) is 115 cm³/mol. The second-order valence-electron chi connectivity index (χ2n) is 7.59. The molecule has 0 saturated carbocycles. The highest BCUT2D eigenvalue weighted by atomic mass is 16.3. The maximum atomic E-state index is 6.00. The first-order valence-corrected chi connectivity index (χ1v) is 10.2. The molecule has 28 heavy (non-hydrogen) atoms. The van der Waals surface area contributed by atoms with Gasteiger partial charge >= 0.3 is 0 Å². The summed E-state index contributed by atoms with van der Waals surface area (Å²) in [7, 11) is 0. The molecule has 2 heterocycles. The lowest BCUT2D eigenvalue weighted by molar-refractivity contribution is -0.672. The molecule has 0 fully saturated rings. The fourth-order valence-electron chi connectivity index (χ4n) is 4.18. The van der Waals surface area contributed by atoms with Crippen molar-refractivity contribution in [3.63, 3.8) is 0 Å². The zero-order valence-electron chi connectivity index (χ0n) is 16.4. The standard InChI is InChI=1S/C25H25N2O/c1-3-4-15-26-17-27(23-11-7-6-10-22(23)26)18(2)19-13-14-25-21(16-19)20-9-5-8-12-24(20)28-25/h5-14,16-18H,3-4,15H2,1-2H3/q+1. The van der Waals surface area contributed by atoms with Crippen LogP contribution in [0, 0.1) is 0 Å². The lowest BCUT2D eigenvalue weighted by Crippen LogP contribution is -2.32. The van der Waals surface area contributed by atoms with Crippen LogP contribution in [-0.4, -0.2) is 4.57 Å². The van der Waals surface area contributed by atoms with Gasteiger partial charge in [-0.1, -0.05) is 49.7 Å². The summed E-state index contributed by atoms with van der Waals surface area (Å²) in [5, 5.41) is 2.37. The van der Waals surface area contributed by atoms with Crippen molar-refractivity contribution < 1.29 is 8.98 Å². The number of imidazole rings is 1. The van der Waals surface area contributed by atoms with Crippen LogP contribution in [0.15, 0.2) is 77.5 Å². The van der Waals surface area contributed by atoms with Gasteiger partial charge < -0.3 is 4.42 Å². The van der Waals surface area contributed by atoms with Gasteiger partial charge in [0, 0.05) is 10.8 Å². The molecular formula is C25H25N2O+. The summed E-state index contributed by atoms with van der Waals surface area (Å²) in [6.07, 6.45) is 4.68. The molecule has 2 aromatic heterocycles. The summed E-state index contributed by atoms with van der Waals surface area (Å²) in [6, 6.07) is 23.8. The van der Waals surface area contributed by atoms with Gasteiger partial charge in [-0.05, 0) is 49.2 Å². The van der Waals surface area contributed by atoms with E-state index in [1.807, 2.05) is 12.1 Å². The molecule has 3 heteroatoms. The van der Waals surface area contributed by atoms with E-state index >= 15 is 0 Å². The van der Waals surface area contributed by atoms with E-state index < -0.39 is 0 Å². The first kappa shape index (κ1) is 17.1. The molecule has 0 spiro atoms. The topological polar surface area (TPSA) is 21.9 Å². The SMILES string of the molecule is CCCC[n+]1cn(C(C)c2ccc3oc4ccccc4c3c2)c2ccccc21. The van der Waals surface area contributed by atoms with Crippen LogP contribution >= 0.6 is 0 Å². The normalized spacial score (nSPS) is 12.9. The monoisotopic (exact) mass is 369 g/mol. The Morgan fingerprint density at radius 2 is 1.71 bits per heavy atom. The van der Waals surface area contributed by atoms with Gasteiger partial charge in [-0.2, -0.15) is 0 Å². The number of unbranched alkanes of at least 4 members (excludes halogenated alkanes) is 1. The van der Waals surface area contributed by atoms with Crippen LogP contribution in [0.4, 0.5) is 0 Å². The fraction of sp³-hybridized carbons (Fsp3) is 0.240. The smallest absolute Gasteiger partial charge is 0.245 e. The van der Waals surface area contributed by atoms with Gasteiger partial charge in [0.25, 0.3) is 0 Å². The molecule has 140 valence electrons. The number of aromatic nitrogens is 2. The first-order valence-electron chi connectivity index (χ1n) is 10.2. The van der Waals surface area contributed by atoms with Gasteiger partial charge in [0.1, 0.15) is 17.2 Å². The summed E-state index contributed by atoms with van der Waals surface area (Å²) in [5.41, 5.74) is 5.78. The molecule has 0 radical (unpaired) electrons. The van der Waals surface area contributed by atoms with Gasteiger partial charge in [0.05, 0.1) is 6.54 Å². The predicted octanol–water partition coefficient (Wildman–Crippen LogP) is 6.24. The van der Waals surface area contributed by atoms with Crippen molar-refractivity contribution in [1.29, 1.82) is 0 Å². The Kier molecular flexibility index (Phi) is 4.16. The Labute approximate surface area is 164 Å². The van der Waals surface area contributed by atoms with Crippen molar-refractivity contribution in [2.24, 2.45) is 0 Å². The number of furan rings is 1. The fourth-order valence-corrected chi connectivity index (χ4v) is 4.18. The molecule has 0 N–H and O–H groups in total. The Hall–Kier alpha value is -3.07. The van der Waals surface area contributed by atoms with Crippen LogP contribution < -0.4 is 4.57 Å². The zero-order valence-corrected chi connectivity index (χ0v) is 16.4. The Balaban J connectivity index is 1.63.